The molecule has 1 aromatic heterocycles. The van der Waals surface area contributed by atoms with E-state index in [2.05, 4.69) is 22.3 Å². The number of nitrogens with zero attached hydrogens (tertiary/aromatic N) is 3. The summed E-state index contributed by atoms with van der Waals surface area (Å²) >= 11 is 0. The molecule has 0 amide bonds. The largest absolute Gasteiger partial charge is 0.321 e. The second kappa shape index (κ2) is 4.90. The first-order chi connectivity index (χ1) is 7.77. The average Bonchev–Trinajstić information content (AvgIpc) is 2.74. The van der Waals surface area contributed by atoms with Crippen molar-refractivity contribution in [1.82, 2.24) is 14.8 Å². The van der Waals surface area contributed by atoms with E-state index in [0.717, 1.165) is 18.7 Å². The summed E-state index contributed by atoms with van der Waals surface area (Å²) in [4.78, 5) is 0. The van der Waals surface area contributed by atoms with Crippen LogP contribution in [0.1, 0.15) is 23.9 Å². The predicted octanol–water partition coefficient (Wildman–Crippen LogP) is 1.45. The summed E-state index contributed by atoms with van der Waals surface area (Å²) in [6.45, 7) is 0. The SMILES string of the molecule is Cn1cnnc1[C@@H](N)CCc1ccccc1. The van der Waals surface area contributed by atoms with E-state index in [4.69, 9.17) is 5.73 Å². The number of nitrogens with two attached hydrogens (primary N) is 1. The number of rotatable bonds is 4. The molecular formula is C12H16N4. The highest BCUT2D eigenvalue weighted by atomic mass is 15.3. The zero-order chi connectivity index (χ0) is 11.4. The highest BCUT2D eigenvalue weighted by Crippen LogP contribution is 2.13. The van der Waals surface area contributed by atoms with Gasteiger partial charge in [-0.1, -0.05) is 30.3 Å². The molecule has 2 N–H and O–H groups in total. The standard InChI is InChI=1S/C12H16N4/c1-16-9-14-15-12(16)11(13)8-7-10-5-3-2-4-6-10/h2-6,9,11H,7-8,13H2,1H3/t11-/m0/s1. The Hall–Kier alpha value is -1.68. The Balaban J connectivity index is 1.94. The number of benzene rings is 1. The van der Waals surface area contributed by atoms with Crippen LogP contribution in [0.4, 0.5) is 0 Å². The molecular weight excluding hydrogens is 200 g/mol. The van der Waals surface area contributed by atoms with Crippen molar-refractivity contribution in [2.24, 2.45) is 12.8 Å². The van der Waals surface area contributed by atoms with Crippen LogP contribution in [0.2, 0.25) is 0 Å². The smallest absolute Gasteiger partial charge is 0.149 e. The molecule has 0 aliphatic rings. The molecule has 0 bridgehead atoms. The summed E-state index contributed by atoms with van der Waals surface area (Å²) in [5.41, 5.74) is 7.37. The number of aromatic nitrogens is 3. The number of aryl methyl sites for hydroxylation is 2. The molecule has 1 aromatic carbocycles. The van der Waals surface area contributed by atoms with Crippen LogP contribution in [0.15, 0.2) is 36.7 Å². The van der Waals surface area contributed by atoms with Crippen molar-refractivity contribution < 1.29 is 0 Å². The van der Waals surface area contributed by atoms with E-state index >= 15 is 0 Å². The maximum absolute atomic E-state index is 6.06. The molecule has 0 saturated heterocycles. The Labute approximate surface area is 95.1 Å². The van der Waals surface area contributed by atoms with Crippen LogP contribution >= 0.6 is 0 Å². The second-order valence-corrected chi connectivity index (χ2v) is 3.93. The first-order valence-corrected chi connectivity index (χ1v) is 5.41. The van der Waals surface area contributed by atoms with E-state index in [1.807, 2.05) is 29.8 Å². The maximum Gasteiger partial charge on any atom is 0.149 e. The van der Waals surface area contributed by atoms with Gasteiger partial charge in [-0.15, -0.1) is 10.2 Å². The first kappa shape index (κ1) is 10.8. The van der Waals surface area contributed by atoms with Gasteiger partial charge >= 0.3 is 0 Å². The Morgan fingerprint density at radius 1 is 1.31 bits per heavy atom. The third-order valence-electron chi connectivity index (χ3n) is 2.66. The van der Waals surface area contributed by atoms with E-state index in [1.54, 1.807) is 6.33 Å². The zero-order valence-corrected chi connectivity index (χ0v) is 9.37. The highest BCUT2D eigenvalue weighted by molar-refractivity contribution is 5.15. The van der Waals surface area contributed by atoms with Gasteiger partial charge in [-0.2, -0.15) is 0 Å². The topological polar surface area (TPSA) is 56.7 Å². The molecule has 1 heterocycles. The quantitative estimate of drug-likeness (QED) is 0.841. The van der Waals surface area contributed by atoms with E-state index in [1.165, 1.54) is 5.56 Å². The lowest BCUT2D eigenvalue weighted by Crippen LogP contribution is -2.16. The van der Waals surface area contributed by atoms with Gasteiger partial charge in [0.1, 0.15) is 12.2 Å². The molecule has 84 valence electrons. The minimum atomic E-state index is -0.0484. The van der Waals surface area contributed by atoms with Gasteiger partial charge in [-0.3, -0.25) is 0 Å². The Bertz CT molecular complexity index is 435. The number of hydrogen-bond donors (Lipinski definition) is 1. The molecule has 2 aromatic rings. The van der Waals surface area contributed by atoms with Gasteiger partial charge < -0.3 is 10.3 Å². The minimum absolute atomic E-state index is 0.0484. The molecule has 0 spiro atoms. The first-order valence-electron chi connectivity index (χ1n) is 5.41. The lowest BCUT2D eigenvalue weighted by atomic mass is 10.1. The molecule has 0 aliphatic carbocycles. The summed E-state index contributed by atoms with van der Waals surface area (Å²) < 4.78 is 1.87. The summed E-state index contributed by atoms with van der Waals surface area (Å²) in [6, 6.07) is 10.3. The van der Waals surface area contributed by atoms with E-state index in [0.29, 0.717) is 0 Å². The minimum Gasteiger partial charge on any atom is -0.321 e. The molecule has 0 fully saturated rings. The van der Waals surface area contributed by atoms with Gasteiger partial charge in [-0.25, -0.2) is 0 Å². The molecule has 1 atom stereocenters. The normalized spacial score (nSPS) is 12.6. The van der Waals surface area contributed by atoms with Crippen molar-refractivity contribution in [2.45, 2.75) is 18.9 Å². The molecule has 0 radical (unpaired) electrons. The van der Waals surface area contributed by atoms with Gasteiger partial charge in [0.2, 0.25) is 0 Å². The highest BCUT2D eigenvalue weighted by Gasteiger charge is 2.11. The van der Waals surface area contributed by atoms with Crippen molar-refractivity contribution in [3.8, 4) is 0 Å². The van der Waals surface area contributed by atoms with Crippen molar-refractivity contribution in [1.29, 1.82) is 0 Å². The van der Waals surface area contributed by atoms with Crippen molar-refractivity contribution in [3.63, 3.8) is 0 Å². The van der Waals surface area contributed by atoms with Crippen LogP contribution < -0.4 is 5.73 Å². The van der Waals surface area contributed by atoms with E-state index in [-0.39, 0.29) is 6.04 Å². The maximum atomic E-state index is 6.06. The Kier molecular flexibility index (Phi) is 3.31. The van der Waals surface area contributed by atoms with E-state index in [9.17, 15) is 0 Å². The van der Waals surface area contributed by atoms with Crippen LogP contribution in [0.5, 0.6) is 0 Å². The lowest BCUT2D eigenvalue weighted by molar-refractivity contribution is 0.586. The third-order valence-corrected chi connectivity index (χ3v) is 2.66. The van der Waals surface area contributed by atoms with Gasteiger partial charge in [0.05, 0.1) is 6.04 Å². The lowest BCUT2D eigenvalue weighted by Gasteiger charge is -2.10. The summed E-state index contributed by atoms with van der Waals surface area (Å²) in [5, 5.41) is 7.85. The van der Waals surface area contributed by atoms with Gasteiger partial charge in [-0.05, 0) is 18.4 Å². The van der Waals surface area contributed by atoms with Crippen LogP contribution in [0.3, 0.4) is 0 Å². The molecule has 2 rings (SSSR count). The second-order valence-electron chi connectivity index (χ2n) is 3.93. The van der Waals surface area contributed by atoms with Crippen molar-refractivity contribution in [2.75, 3.05) is 0 Å². The van der Waals surface area contributed by atoms with E-state index < -0.39 is 0 Å². The monoisotopic (exact) mass is 216 g/mol. The molecule has 4 nitrogen and oxygen atoms in total. The van der Waals surface area contributed by atoms with Crippen LogP contribution in [-0.4, -0.2) is 14.8 Å². The fourth-order valence-electron chi connectivity index (χ4n) is 1.72. The molecule has 0 unspecified atom stereocenters. The Morgan fingerprint density at radius 3 is 2.69 bits per heavy atom. The molecule has 4 heteroatoms. The molecule has 0 aliphatic heterocycles. The summed E-state index contributed by atoms with van der Waals surface area (Å²) in [6.07, 6.45) is 3.53. The van der Waals surface area contributed by atoms with Crippen molar-refractivity contribution >= 4 is 0 Å². The Morgan fingerprint density at radius 2 is 2.06 bits per heavy atom. The summed E-state index contributed by atoms with van der Waals surface area (Å²) in [7, 11) is 1.91. The van der Waals surface area contributed by atoms with Gasteiger partial charge in [0.15, 0.2) is 0 Å². The third kappa shape index (κ3) is 2.46. The summed E-state index contributed by atoms with van der Waals surface area (Å²) in [5.74, 6) is 0.843. The van der Waals surface area contributed by atoms with Gasteiger partial charge in [0.25, 0.3) is 0 Å². The fourth-order valence-corrected chi connectivity index (χ4v) is 1.72. The van der Waals surface area contributed by atoms with Crippen LogP contribution in [-0.2, 0) is 13.5 Å². The molecule has 0 saturated carbocycles. The number of hydrogen-bond acceptors (Lipinski definition) is 3. The van der Waals surface area contributed by atoms with Crippen LogP contribution in [0, 0.1) is 0 Å². The predicted molar refractivity (Wildman–Crippen MR) is 62.7 cm³/mol. The van der Waals surface area contributed by atoms with Gasteiger partial charge in [0, 0.05) is 7.05 Å². The zero-order valence-electron chi connectivity index (χ0n) is 9.37. The fraction of sp³-hybridized carbons (Fsp3) is 0.333. The average molecular weight is 216 g/mol. The van der Waals surface area contributed by atoms with Crippen LogP contribution in [0.25, 0.3) is 0 Å². The molecule has 16 heavy (non-hydrogen) atoms. The van der Waals surface area contributed by atoms with Crippen molar-refractivity contribution in [3.05, 3.63) is 48.0 Å².